The average molecular weight is 488 g/mol. The number of hydrogen-bond acceptors (Lipinski definition) is 5. The Morgan fingerprint density at radius 2 is 1.69 bits per heavy atom. The van der Waals surface area contributed by atoms with Gasteiger partial charge in [-0.1, -0.05) is 31.4 Å². The molecule has 0 spiro atoms. The number of nitrogens with zero attached hydrogens (tertiary/aromatic N) is 3. The molecule has 0 atom stereocenters. The first kappa shape index (κ1) is 25.4. The predicted molar refractivity (Wildman–Crippen MR) is 140 cm³/mol. The van der Waals surface area contributed by atoms with Crippen LogP contribution >= 0.6 is 0 Å². The quantitative estimate of drug-likeness (QED) is 0.519. The first-order valence-corrected chi connectivity index (χ1v) is 12.5. The number of aromatic nitrogens is 1. The third-order valence-electron chi connectivity index (χ3n) is 6.59. The van der Waals surface area contributed by atoms with E-state index >= 15 is 0 Å². The van der Waals surface area contributed by atoms with E-state index < -0.39 is 5.97 Å². The maximum absolute atomic E-state index is 13.6. The average Bonchev–Trinajstić information content (AvgIpc) is 2.90. The van der Waals surface area contributed by atoms with Crippen molar-refractivity contribution in [3.63, 3.8) is 0 Å². The van der Waals surface area contributed by atoms with Gasteiger partial charge < -0.3 is 14.7 Å². The van der Waals surface area contributed by atoms with Crippen LogP contribution in [0, 0.1) is 0 Å². The van der Waals surface area contributed by atoms with Crippen LogP contribution in [-0.4, -0.2) is 47.1 Å². The number of fused-ring (bicyclic) bond motifs is 1. The Morgan fingerprint density at radius 1 is 0.944 bits per heavy atom. The third-order valence-corrected chi connectivity index (χ3v) is 6.59. The van der Waals surface area contributed by atoms with Gasteiger partial charge in [-0.15, -0.1) is 0 Å². The van der Waals surface area contributed by atoms with Crippen molar-refractivity contribution >= 4 is 17.6 Å². The fourth-order valence-electron chi connectivity index (χ4n) is 4.66. The molecule has 1 aliphatic heterocycles. The second-order valence-corrected chi connectivity index (χ2v) is 9.17. The molecule has 0 unspecified atom stereocenters. The van der Waals surface area contributed by atoms with Crippen molar-refractivity contribution in [2.75, 3.05) is 25.1 Å². The van der Waals surface area contributed by atoms with Gasteiger partial charge in [0.2, 0.25) is 0 Å². The van der Waals surface area contributed by atoms with Crippen LogP contribution in [0.4, 0.5) is 5.69 Å². The van der Waals surface area contributed by atoms with E-state index in [1.807, 2.05) is 12.1 Å². The normalized spacial score (nSPS) is 15.3. The summed E-state index contributed by atoms with van der Waals surface area (Å²) in [7, 11) is 1.65. The molecule has 1 aliphatic rings. The fraction of sp³-hybridized carbons (Fsp3) is 0.345. The van der Waals surface area contributed by atoms with E-state index in [0.29, 0.717) is 18.7 Å². The highest BCUT2D eigenvalue weighted by atomic mass is 16.5. The Kier molecular flexibility index (Phi) is 8.68. The van der Waals surface area contributed by atoms with Crippen LogP contribution in [-0.2, 0) is 13.1 Å². The van der Waals surface area contributed by atoms with Gasteiger partial charge in [-0.2, -0.15) is 0 Å². The van der Waals surface area contributed by atoms with Crippen molar-refractivity contribution in [3.8, 4) is 5.75 Å². The zero-order valence-electron chi connectivity index (χ0n) is 20.7. The molecule has 0 aliphatic carbocycles. The number of ether oxygens (including phenoxy) is 1. The van der Waals surface area contributed by atoms with E-state index in [-0.39, 0.29) is 11.5 Å². The molecular formula is C29H33N3O4. The fourth-order valence-corrected chi connectivity index (χ4v) is 4.66. The molecule has 0 bridgehead atoms. The number of carbonyl (C=O) groups excluding carboxylic acids is 1. The molecule has 7 heteroatoms. The van der Waals surface area contributed by atoms with Crippen LogP contribution in [0.1, 0.15) is 63.9 Å². The number of pyridine rings is 1. The molecule has 188 valence electrons. The van der Waals surface area contributed by atoms with Crippen molar-refractivity contribution in [2.24, 2.45) is 0 Å². The van der Waals surface area contributed by atoms with Crippen LogP contribution in [0.5, 0.6) is 5.75 Å². The summed E-state index contributed by atoms with van der Waals surface area (Å²) in [5, 5.41) is 9.68. The number of aromatic carboxylic acids is 1. The van der Waals surface area contributed by atoms with Crippen LogP contribution in [0.3, 0.4) is 0 Å². The summed E-state index contributed by atoms with van der Waals surface area (Å²) >= 11 is 0. The van der Waals surface area contributed by atoms with Gasteiger partial charge in [0, 0.05) is 37.7 Å². The molecule has 4 rings (SSSR count). The van der Waals surface area contributed by atoms with Gasteiger partial charge >= 0.3 is 5.97 Å². The van der Waals surface area contributed by atoms with Gasteiger partial charge in [-0.25, -0.2) is 4.79 Å². The number of methoxy groups -OCH3 is 1. The summed E-state index contributed by atoms with van der Waals surface area (Å²) in [5.74, 6) is -0.282. The minimum absolute atomic E-state index is 0.119. The smallest absolute Gasteiger partial charge is 0.335 e. The number of amides is 1. The minimum Gasteiger partial charge on any atom is -0.497 e. The lowest BCUT2D eigenvalue weighted by molar-refractivity contribution is 0.0696. The van der Waals surface area contributed by atoms with E-state index in [1.165, 1.54) is 0 Å². The lowest BCUT2D eigenvalue weighted by Gasteiger charge is -2.29. The highest BCUT2D eigenvalue weighted by Gasteiger charge is 2.23. The number of carboxylic acid groups (broad SMARTS) is 1. The molecule has 36 heavy (non-hydrogen) atoms. The van der Waals surface area contributed by atoms with E-state index in [2.05, 4.69) is 22.0 Å². The van der Waals surface area contributed by atoms with Gasteiger partial charge in [0.15, 0.2) is 0 Å². The Hall–Kier alpha value is -3.71. The Balaban J connectivity index is 1.71. The second kappa shape index (κ2) is 12.3. The Labute approximate surface area is 212 Å². The molecule has 1 amide bonds. The van der Waals surface area contributed by atoms with Crippen molar-refractivity contribution in [1.29, 1.82) is 0 Å². The highest BCUT2D eigenvalue weighted by molar-refractivity contribution is 6.06. The first-order valence-electron chi connectivity index (χ1n) is 12.5. The molecule has 7 nitrogen and oxygen atoms in total. The van der Waals surface area contributed by atoms with E-state index in [1.54, 1.807) is 54.7 Å². The molecule has 0 fully saturated rings. The van der Waals surface area contributed by atoms with Crippen molar-refractivity contribution < 1.29 is 19.4 Å². The number of rotatable bonds is 5. The summed E-state index contributed by atoms with van der Waals surface area (Å²) in [5.41, 5.74) is 3.49. The molecule has 2 aromatic carbocycles. The Morgan fingerprint density at radius 3 is 2.39 bits per heavy atom. The van der Waals surface area contributed by atoms with Crippen molar-refractivity contribution in [3.05, 3.63) is 89.2 Å². The van der Waals surface area contributed by atoms with E-state index in [4.69, 9.17) is 4.74 Å². The van der Waals surface area contributed by atoms with Crippen LogP contribution < -0.4 is 9.64 Å². The van der Waals surface area contributed by atoms with Gasteiger partial charge in [0.25, 0.3) is 5.91 Å². The summed E-state index contributed by atoms with van der Waals surface area (Å²) < 4.78 is 5.29. The third kappa shape index (κ3) is 6.49. The maximum atomic E-state index is 13.6. The van der Waals surface area contributed by atoms with Crippen molar-refractivity contribution in [1.82, 2.24) is 9.88 Å². The lowest BCUT2D eigenvalue weighted by Crippen LogP contribution is -2.34. The van der Waals surface area contributed by atoms with Crippen LogP contribution in [0.15, 0.2) is 67.0 Å². The van der Waals surface area contributed by atoms with Crippen LogP contribution in [0.2, 0.25) is 0 Å². The predicted octanol–water partition coefficient (Wildman–Crippen LogP) is 5.40. The van der Waals surface area contributed by atoms with Gasteiger partial charge in [0.1, 0.15) is 5.75 Å². The lowest BCUT2D eigenvalue weighted by atomic mass is 10.0. The largest absolute Gasteiger partial charge is 0.497 e. The molecule has 1 N–H and O–H groups in total. The molecule has 3 aromatic rings. The summed E-state index contributed by atoms with van der Waals surface area (Å²) in [4.78, 5) is 33.7. The molecular weight excluding hydrogens is 454 g/mol. The second-order valence-electron chi connectivity index (χ2n) is 9.17. The summed E-state index contributed by atoms with van der Waals surface area (Å²) in [6.07, 6.45) is 8.48. The first-order chi connectivity index (χ1) is 17.5. The summed E-state index contributed by atoms with van der Waals surface area (Å²) in [6.45, 7) is 2.72. The van der Waals surface area contributed by atoms with E-state index in [0.717, 1.165) is 67.8 Å². The van der Waals surface area contributed by atoms with Crippen molar-refractivity contribution in [2.45, 2.75) is 45.2 Å². The summed E-state index contributed by atoms with van der Waals surface area (Å²) in [6, 6.07) is 16.6. The highest BCUT2D eigenvalue weighted by Crippen LogP contribution is 2.28. The monoisotopic (exact) mass is 487 g/mol. The maximum Gasteiger partial charge on any atom is 0.335 e. The van der Waals surface area contributed by atoms with Gasteiger partial charge in [-0.05, 0) is 73.0 Å². The topological polar surface area (TPSA) is 83.0 Å². The minimum atomic E-state index is -0.976. The Bertz CT molecular complexity index is 1160. The molecule has 0 saturated heterocycles. The number of hydrogen-bond donors (Lipinski definition) is 1. The number of carbonyl (C=O) groups is 2. The SMILES string of the molecule is COc1ccc(CN2CCCCCCCN(C(=O)c3cccnc3)c3ccc(C(=O)O)cc3C2)cc1. The van der Waals surface area contributed by atoms with E-state index in [9.17, 15) is 14.7 Å². The number of carboxylic acids is 1. The van der Waals surface area contributed by atoms with Gasteiger partial charge in [0.05, 0.1) is 18.2 Å². The standard InChI is InChI=1S/C29H33N3O4/c1-36-26-12-9-22(10-13-26)20-31-16-5-3-2-4-6-17-32(28(33)24-8-7-15-30-19-24)27-14-11-23(29(34)35)18-25(27)21-31/h7-15,18-19H,2-6,16-17,20-21H2,1H3,(H,34,35). The molecule has 0 radical (unpaired) electrons. The molecule has 1 aromatic heterocycles. The van der Waals surface area contributed by atoms with Crippen LogP contribution in [0.25, 0.3) is 0 Å². The zero-order chi connectivity index (χ0) is 25.3. The number of anilines is 1. The van der Waals surface area contributed by atoms with Gasteiger partial charge in [-0.3, -0.25) is 14.7 Å². The zero-order valence-corrected chi connectivity index (χ0v) is 20.7. The number of benzene rings is 2. The molecule has 0 saturated carbocycles. The molecule has 2 heterocycles.